The summed E-state index contributed by atoms with van der Waals surface area (Å²) in [6.45, 7) is 8.65. The van der Waals surface area contributed by atoms with Crippen LogP contribution in [0.15, 0.2) is 18.2 Å². The molecule has 0 aliphatic carbocycles. The molecule has 0 radical (unpaired) electrons. The van der Waals surface area contributed by atoms with Crippen molar-refractivity contribution in [3.8, 4) is 0 Å². The summed E-state index contributed by atoms with van der Waals surface area (Å²) in [4.78, 5) is 11.3. The van der Waals surface area contributed by atoms with E-state index in [4.69, 9.17) is 0 Å². The van der Waals surface area contributed by atoms with E-state index >= 15 is 0 Å². The molecule has 1 aromatic carbocycles. The molecule has 106 valence electrons. The van der Waals surface area contributed by atoms with Crippen LogP contribution in [0.2, 0.25) is 0 Å². The summed E-state index contributed by atoms with van der Waals surface area (Å²) in [6.07, 6.45) is 0.735. The van der Waals surface area contributed by atoms with E-state index in [1.165, 1.54) is 16.7 Å². The minimum atomic E-state index is -0.931. The van der Waals surface area contributed by atoms with Gasteiger partial charge in [-0.1, -0.05) is 24.6 Å². The number of hydrogen-bond donors (Lipinski definition) is 1. The van der Waals surface area contributed by atoms with Gasteiger partial charge < -0.3 is 5.11 Å². The van der Waals surface area contributed by atoms with Gasteiger partial charge in [-0.25, -0.2) is 4.79 Å². The van der Waals surface area contributed by atoms with Crippen molar-refractivity contribution in [2.75, 3.05) is 0 Å². The average molecular weight is 272 g/mol. The van der Waals surface area contributed by atoms with Gasteiger partial charge in [-0.15, -0.1) is 0 Å². The first kappa shape index (κ1) is 14.3. The number of hydrogen-bond acceptors (Lipinski definition) is 2. The molecule has 1 heterocycles. The molecule has 0 amide bonds. The molecule has 0 unspecified atom stereocenters. The van der Waals surface area contributed by atoms with Crippen LogP contribution < -0.4 is 0 Å². The van der Waals surface area contributed by atoms with Crippen molar-refractivity contribution < 1.29 is 9.90 Å². The van der Waals surface area contributed by atoms with E-state index in [1.54, 1.807) is 10.7 Å². The summed E-state index contributed by atoms with van der Waals surface area (Å²) in [5.74, 6) is -0.931. The molecule has 0 atom stereocenters. The molecule has 0 aliphatic rings. The summed E-state index contributed by atoms with van der Waals surface area (Å²) in [6, 6.07) is 5.89. The maximum Gasteiger partial charge on any atom is 0.354 e. The highest BCUT2D eigenvalue weighted by molar-refractivity contribution is 5.85. The summed E-state index contributed by atoms with van der Waals surface area (Å²) >= 11 is 0. The SMILES string of the molecule is CCc1cc(C(=O)O)n(Cc2c(C)cc(C)cc2C)n1. The van der Waals surface area contributed by atoms with E-state index < -0.39 is 5.97 Å². The molecule has 4 nitrogen and oxygen atoms in total. The molecule has 0 saturated carbocycles. The molecule has 0 fully saturated rings. The smallest absolute Gasteiger partial charge is 0.354 e. The van der Waals surface area contributed by atoms with Crippen LogP contribution in [0.1, 0.15) is 45.4 Å². The molecular weight excluding hydrogens is 252 g/mol. The fourth-order valence-corrected chi connectivity index (χ4v) is 2.54. The highest BCUT2D eigenvalue weighted by Crippen LogP contribution is 2.18. The second kappa shape index (κ2) is 5.49. The van der Waals surface area contributed by atoms with Gasteiger partial charge in [-0.2, -0.15) is 5.10 Å². The van der Waals surface area contributed by atoms with Crippen LogP contribution in [0.5, 0.6) is 0 Å². The van der Waals surface area contributed by atoms with Gasteiger partial charge in [0, 0.05) is 0 Å². The topological polar surface area (TPSA) is 55.1 Å². The van der Waals surface area contributed by atoms with E-state index in [2.05, 4.69) is 38.0 Å². The van der Waals surface area contributed by atoms with E-state index in [0.29, 0.717) is 6.54 Å². The van der Waals surface area contributed by atoms with Gasteiger partial charge in [0.25, 0.3) is 0 Å². The van der Waals surface area contributed by atoms with E-state index in [-0.39, 0.29) is 5.69 Å². The fourth-order valence-electron chi connectivity index (χ4n) is 2.54. The maximum atomic E-state index is 11.3. The molecule has 4 heteroatoms. The Morgan fingerprint density at radius 3 is 2.30 bits per heavy atom. The van der Waals surface area contributed by atoms with E-state index in [9.17, 15) is 9.90 Å². The Hall–Kier alpha value is -2.10. The zero-order valence-corrected chi connectivity index (χ0v) is 12.4. The number of carboxylic acid groups (broad SMARTS) is 1. The quantitative estimate of drug-likeness (QED) is 0.930. The Kier molecular flexibility index (Phi) is 3.93. The third-order valence-electron chi connectivity index (χ3n) is 3.56. The number of aromatic carboxylic acids is 1. The van der Waals surface area contributed by atoms with Gasteiger partial charge in [-0.05, 0) is 49.9 Å². The summed E-state index contributed by atoms with van der Waals surface area (Å²) in [5.41, 5.74) is 5.77. The first-order valence-electron chi connectivity index (χ1n) is 6.79. The van der Waals surface area contributed by atoms with Crippen molar-refractivity contribution in [3.05, 3.63) is 51.8 Å². The van der Waals surface area contributed by atoms with Gasteiger partial charge >= 0.3 is 5.97 Å². The van der Waals surface area contributed by atoms with Crippen molar-refractivity contribution >= 4 is 5.97 Å². The van der Waals surface area contributed by atoms with Crippen molar-refractivity contribution in [3.63, 3.8) is 0 Å². The van der Waals surface area contributed by atoms with E-state index in [0.717, 1.165) is 17.7 Å². The molecule has 0 spiro atoms. The number of nitrogens with zero attached hydrogens (tertiary/aromatic N) is 2. The summed E-state index contributed by atoms with van der Waals surface area (Å²) < 4.78 is 1.59. The summed E-state index contributed by atoms with van der Waals surface area (Å²) in [5, 5.41) is 13.7. The highest BCUT2D eigenvalue weighted by atomic mass is 16.4. The van der Waals surface area contributed by atoms with Crippen molar-refractivity contribution in [1.29, 1.82) is 0 Å². The van der Waals surface area contributed by atoms with Crippen molar-refractivity contribution in [2.45, 2.75) is 40.7 Å². The van der Waals surface area contributed by atoms with E-state index in [1.807, 2.05) is 6.92 Å². The first-order valence-corrected chi connectivity index (χ1v) is 6.79. The molecule has 0 aliphatic heterocycles. The van der Waals surface area contributed by atoms with Crippen LogP contribution in [0.25, 0.3) is 0 Å². The number of aryl methyl sites for hydroxylation is 4. The Morgan fingerprint density at radius 2 is 1.80 bits per heavy atom. The lowest BCUT2D eigenvalue weighted by Gasteiger charge is -2.12. The predicted octanol–water partition coefficient (Wildman–Crippen LogP) is 3.12. The third kappa shape index (κ3) is 2.74. The number of benzene rings is 1. The third-order valence-corrected chi connectivity index (χ3v) is 3.56. The standard InChI is InChI=1S/C16H20N2O2/c1-5-13-8-15(16(19)20)18(17-13)9-14-11(3)6-10(2)7-12(14)4/h6-8H,5,9H2,1-4H3,(H,19,20). The van der Waals surface area contributed by atoms with Crippen LogP contribution in [-0.2, 0) is 13.0 Å². The van der Waals surface area contributed by atoms with Gasteiger partial charge in [0.1, 0.15) is 5.69 Å². The molecule has 0 bridgehead atoms. The zero-order valence-electron chi connectivity index (χ0n) is 12.4. The molecule has 0 saturated heterocycles. The second-order valence-electron chi connectivity index (χ2n) is 5.21. The van der Waals surface area contributed by atoms with Gasteiger partial charge in [0.2, 0.25) is 0 Å². The largest absolute Gasteiger partial charge is 0.477 e. The van der Waals surface area contributed by atoms with Gasteiger partial charge in [0.05, 0.1) is 12.2 Å². The number of carboxylic acids is 1. The number of aromatic nitrogens is 2. The molecule has 1 N–H and O–H groups in total. The van der Waals surface area contributed by atoms with Crippen molar-refractivity contribution in [2.24, 2.45) is 0 Å². The lowest BCUT2D eigenvalue weighted by molar-refractivity contribution is 0.0684. The second-order valence-corrected chi connectivity index (χ2v) is 5.21. The number of rotatable bonds is 4. The zero-order chi connectivity index (χ0) is 14.9. The normalized spacial score (nSPS) is 10.8. The molecule has 2 rings (SSSR count). The van der Waals surface area contributed by atoms with Crippen LogP contribution in [-0.4, -0.2) is 20.9 Å². The minimum Gasteiger partial charge on any atom is -0.477 e. The minimum absolute atomic E-state index is 0.251. The summed E-state index contributed by atoms with van der Waals surface area (Å²) in [7, 11) is 0. The molecular formula is C16H20N2O2. The average Bonchev–Trinajstić information content (AvgIpc) is 2.77. The lowest BCUT2D eigenvalue weighted by Crippen LogP contribution is -2.12. The molecule has 1 aromatic heterocycles. The van der Waals surface area contributed by atoms with Gasteiger partial charge in [0.15, 0.2) is 0 Å². The highest BCUT2D eigenvalue weighted by Gasteiger charge is 2.15. The van der Waals surface area contributed by atoms with Crippen LogP contribution in [0, 0.1) is 20.8 Å². The van der Waals surface area contributed by atoms with Crippen molar-refractivity contribution in [1.82, 2.24) is 9.78 Å². The Labute approximate surface area is 119 Å². The Morgan fingerprint density at radius 1 is 1.20 bits per heavy atom. The monoisotopic (exact) mass is 272 g/mol. The maximum absolute atomic E-state index is 11.3. The molecule has 2 aromatic rings. The number of carbonyl (C=O) groups is 1. The molecule has 20 heavy (non-hydrogen) atoms. The fraction of sp³-hybridized carbons (Fsp3) is 0.375. The predicted molar refractivity (Wildman–Crippen MR) is 78.3 cm³/mol. The Balaban J connectivity index is 2.44. The van der Waals surface area contributed by atoms with Crippen LogP contribution in [0.4, 0.5) is 0 Å². The van der Waals surface area contributed by atoms with Crippen LogP contribution >= 0.6 is 0 Å². The first-order chi connectivity index (χ1) is 9.42. The lowest BCUT2D eigenvalue weighted by atomic mass is 10.00. The Bertz CT molecular complexity index is 633. The van der Waals surface area contributed by atoms with Gasteiger partial charge in [-0.3, -0.25) is 4.68 Å². The van der Waals surface area contributed by atoms with Crippen LogP contribution in [0.3, 0.4) is 0 Å².